The normalized spacial score (nSPS) is 9.25. The first kappa shape index (κ1) is 7.99. The SMILES string of the molecule is C=C(Cl)CCNCC. The highest BCUT2D eigenvalue weighted by Crippen LogP contribution is 1.99. The van der Waals surface area contributed by atoms with Gasteiger partial charge in [-0.15, -0.1) is 0 Å². The van der Waals surface area contributed by atoms with Gasteiger partial charge in [0.25, 0.3) is 0 Å². The van der Waals surface area contributed by atoms with Crippen molar-refractivity contribution in [2.75, 3.05) is 13.1 Å². The summed E-state index contributed by atoms with van der Waals surface area (Å²) in [6, 6.07) is 0. The second kappa shape index (κ2) is 5.13. The molecule has 2 heteroatoms. The second-order valence-corrected chi connectivity index (χ2v) is 2.16. The predicted molar refractivity (Wildman–Crippen MR) is 38.2 cm³/mol. The molecule has 8 heavy (non-hydrogen) atoms. The van der Waals surface area contributed by atoms with Gasteiger partial charge >= 0.3 is 0 Å². The van der Waals surface area contributed by atoms with Gasteiger partial charge in [0.05, 0.1) is 0 Å². The quantitative estimate of drug-likeness (QED) is 0.576. The van der Waals surface area contributed by atoms with Gasteiger partial charge in [0.15, 0.2) is 0 Å². The molecule has 0 radical (unpaired) electrons. The fourth-order valence-corrected chi connectivity index (χ4v) is 0.495. The van der Waals surface area contributed by atoms with Gasteiger partial charge in [0.2, 0.25) is 0 Å². The third-order valence-corrected chi connectivity index (χ3v) is 1.01. The highest BCUT2D eigenvalue weighted by Gasteiger charge is 1.84. The molecule has 0 aromatic rings. The third-order valence-electron chi connectivity index (χ3n) is 0.823. The summed E-state index contributed by atoms with van der Waals surface area (Å²) >= 11 is 5.48. The topological polar surface area (TPSA) is 12.0 Å². The number of halogens is 1. The zero-order valence-corrected chi connectivity index (χ0v) is 5.96. The van der Waals surface area contributed by atoms with Crippen LogP contribution in [0.3, 0.4) is 0 Å². The molecule has 0 atom stereocenters. The van der Waals surface area contributed by atoms with E-state index in [0.29, 0.717) is 0 Å². The van der Waals surface area contributed by atoms with E-state index in [1.807, 2.05) is 0 Å². The zero-order chi connectivity index (χ0) is 6.41. The van der Waals surface area contributed by atoms with Crippen LogP contribution in [0.1, 0.15) is 13.3 Å². The molecule has 0 heterocycles. The van der Waals surface area contributed by atoms with Gasteiger partial charge in [-0.25, -0.2) is 0 Å². The Morgan fingerprint density at radius 1 is 1.75 bits per heavy atom. The molecule has 1 N–H and O–H groups in total. The molecule has 0 unspecified atom stereocenters. The van der Waals surface area contributed by atoms with Crippen molar-refractivity contribution in [2.24, 2.45) is 0 Å². The molecule has 0 saturated carbocycles. The predicted octanol–water partition coefficient (Wildman–Crippen LogP) is 1.74. The van der Waals surface area contributed by atoms with Gasteiger partial charge in [0, 0.05) is 5.03 Å². The average Bonchev–Trinajstić information content (AvgIpc) is 1.66. The molecule has 0 bridgehead atoms. The summed E-state index contributed by atoms with van der Waals surface area (Å²) in [6.45, 7) is 7.57. The monoisotopic (exact) mass is 133 g/mol. The maximum absolute atomic E-state index is 5.48. The maximum atomic E-state index is 5.48. The Hall–Kier alpha value is -0.0100. The summed E-state index contributed by atoms with van der Waals surface area (Å²) in [6.07, 6.45) is 0.870. The van der Waals surface area contributed by atoms with Crippen LogP contribution >= 0.6 is 11.6 Å². The van der Waals surface area contributed by atoms with Crippen LogP contribution in [0.25, 0.3) is 0 Å². The minimum absolute atomic E-state index is 0.728. The van der Waals surface area contributed by atoms with Gasteiger partial charge in [-0.2, -0.15) is 0 Å². The molecule has 0 aromatic carbocycles. The molecular formula is C6H12ClN. The number of hydrogen-bond donors (Lipinski definition) is 1. The minimum Gasteiger partial charge on any atom is -0.317 e. The summed E-state index contributed by atoms with van der Waals surface area (Å²) in [5, 5.41) is 3.86. The fourth-order valence-electron chi connectivity index (χ4n) is 0.401. The van der Waals surface area contributed by atoms with E-state index < -0.39 is 0 Å². The Labute approximate surface area is 55.7 Å². The summed E-state index contributed by atoms with van der Waals surface area (Å²) in [5.74, 6) is 0. The molecule has 0 rings (SSSR count). The molecule has 48 valence electrons. The van der Waals surface area contributed by atoms with Crippen molar-refractivity contribution in [3.8, 4) is 0 Å². The summed E-state index contributed by atoms with van der Waals surface area (Å²) in [4.78, 5) is 0. The minimum atomic E-state index is 0.728. The summed E-state index contributed by atoms with van der Waals surface area (Å²) in [5.41, 5.74) is 0. The lowest BCUT2D eigenvalue weighted by atomic mass is 10.4. The van der Waals surface area contributed by atoms with Gasteiger partial charge in [0.1, 0.15) is 0 Å². The van der Waals surface area contributed by atoms with Crippen LogP contribution in [0.15, 0.2) is 11.6 Å². The van der Waals surface area contributed by atoms with E-state index in [2.05, 4.69) is 18.8 Å². The summed E-state index contributed by atoms with van der Waals surface area (Å²) in [7, 11) is 0. The second-order valence-electron chi connectivity index (χ2n) is 1.62. The molecule has 0 aliphatic carbocycles. The lowest BCUT2D eigenvalue weighted by molar-refractivity contribution is 0.723. The van der Waals surface area contributed by atoms with Crippen molar-refractivity contribution in [2.45, 2.75) is 13.3 Å². The van der Waals surface area contributed by atoms with E-state index in [-0.39, 0.29) is 0 Å². The van der Waals surface area contributed by atoms with Gasteiger partial charge in [-0.1, -0.05) is 25.1 Å². The molecule has 0 aliphatic heterocycles. The van der Waals surface area contributed by atoms with Crippen LogP contribution in [0.2, 0.25) is 0 Å². The lowest BCUT2D eigenvalue weighted by Gasteiger charge is -1.96. The Balaban J connectivity index is 2.82. The van der Waals surface area contributed by atoms with E-state index in [1.54, 1.807) is 0 Å². The first-order chi connectivity index (χ1) is 3.77. The number of rotatable bonds is 4. The molecule has 0 amide bonds. The van der Waals surface area contributed by atoms with Gasteiger partial charge < -0.3 is 5.32 Å². The molecule has 1 nitrogen and oxygen atoms in total. The van der Waals surface area contributed by atoms with E-state index >= 15 is 0 Å². The fraction of sp³-hybridized carbons (Fsp3) is 0.667. The molecule has 0 saturated heterocycles. The van der Waals surface area contributed by atoms with Crippen LogP contribution in [-0.4, -0.2) is 13.1 Å². The Morgan fingerprint density at radius 2 is 2.38 bits per heavy atom. The van der Waals surface area contributed by atoms with E-state index in [1.165, 1.54) is 0 Å². The van der Waals surface area contributed by atoms with E-state index in [4.69, 9.17) is 11.6 Å². The van der Waals surface area contributed by atoms with Gasteiger partial charge in [-0.05, 0) is 19.5 Å². The van der Waals surface area contributed by atoms with Crippen molar-refractivity contribution >= 4 is 11.6 Å². The van der Waals surface area contributed by atoms with Crippen LogP contribution < -0.4 is 5.32 Å². The number of nitrogens with one attached hydrogen (secondary N) is 1. The highest BCUT2D eigenvalue weighted by atomic mass is 35.5. The molecular weight excluding hydrogens is 122 g/mol. The van der Waals surface area contributed by atoms with Crippen molar-refractivity contribution < 1.29 is 0 Å². The average molecular weight is 134 g/mol. The standard InChI is InChI=1S/C6H12ClN/c1-3-8-5-4-6(2)7/h8H,2-5H2,1H3. The van der Waals surface area contributed by atoms with Crippen LogP contribution in [0.4, 0.5) is 0 Å². The third kappa shape index (κ3) is 5.99. The van der Waals surface area contributed by atoms with E-state index in [0.717, 1.165) is 24.5 Å². The lowest BCUT2D eigenvalue weighted by Crippen LogP contribution is -2.13. The van der Waals surface area contributed by atoms with Crippen LogP contribution in [0, 0.1) is 0 Å². The summed E-state index contributed by atoms with van der Waals surface area (Å²) < 4.78 is 0. The molecule has 0 aliphatic rings. The highest BCUT2D eigenvalue weighted by molar-refractivity contribution is 6.29. The van der Waals surface area contributed by atoms with Crippen LogP contribution in [-0.2, 0) is 0 Å². The van der Waals surface area contributed by atoms with E-state index in [9.17, 15) is 0 Å². The first-order valence-electron chi connectivity index (χ1n) is 2.81. The van der Waals surface area contributed by atoms with Crippen molar-refractivity contribution in [3.63, 3.8) is 0 Å². The maximum Gasteiger partial charge on any atom is 0.0121 e. The Kier molecular flexibility index (Phi) is 5.13. The Morgan fingerprint density at radius 3 is 2.75 bits per heavy atom. The number of hydrogen-bond acceptors (Lipinski definition) is 1. The van der Waals surface area contributed by atoms with Gasteiger partial charge in [-0.3, -0.25) is 0 Å². The largest absolute Gasteiger partial charge is 0.317 e. The van der Waals surface area contributed by atoms with Crippen molar-refractivity contribution in [3.05, 3.63) is 11.6 Å². The zero-order valence-electron chi connectivity index (χ0n) is 5.21. The Bertz CT molecular complexity index is 70.9. The molecule has 0 fully saturated rings. The van der Waals surface area contributed by atoms with Crippen molar-refractivity contribution in [1.29, 1.82) is 0 Å². The molecule has 0 spiro atoms. The van der Waals surface area contributed by atoms with Crippen LogP contribution in [0.5, 0.6) is 0 Å². The molecule has 0 aromatic heterocycles. The first-order valence-corrected chi connectivity index (χ1v) is 3.19. The van der Waals surface area contributed by atoms with Crippen molar-refractivity contribution in [1.82, 2.24) is 5.32 Å². The smallest absolute Gasteiger partial charge is 0.0121 e.